The van der Waals surface area contributed by atoms with Crippen LogP contribution in [0.1, 0.15) is 35.3 Å². The van der Waals surface area contributed by atoms with Crippen LogP contribution < -0.4 is 10.6 Å². The molecule has 3 N–H and O–H groups in total. The standard InChI is InChI=1S/C18H23BrN4O2/c1-11-6-12(19)7-14-15(11)22-23-16(14)17(24)21-9-13-8-18(10-25-13)2-4-20-5-3-18/h6-7,13,20H,2-5,8-10H2,1H3,(H,21,24)(H,22,23). The van der Waals surface area contributed by atoms with Crippen molar-refractivity contribution < 1.29 is 9.53 Å². The number of H-pyrrole nitrogens is 1. The predicted molar refractivity (Wildman–Crippen MR) is 99.8 cm³/mol. The first kappa shape index (κ1) is 17.0. The third-order valence-electron chi connectivity index (χ3n) is 5.48. The van der Waals surface area contributed by atoms with Crippen LogP contribution in [0.2, 0.25) is 0 Å². The predicted octanol–water partition coefficient (Wildman–Crippen LogP) is 2.52. The van der Waals surface area contributed by atoms with Crippen molar-refractivity contribution in [3.63, 3.8) is 0 Å². The number of aromatic nitrogens is 2. The molecule has 6 nitrogen and oxygen atoms in total. The minimum atomic E-state index is -0.130. The number of rotatable bonds is 3. The van der Waals surface area contributed by atoms with Gasteiger partial charge in [0.2, 0.25) is 0 Å². The third kappa shape index (κ3) is 3.32. The topological polar surface area (TPSA) is 79.0 Å². The summed E-state index contributed by atoms with van der Waals surface area (Å²) in [5.41, 5.74) is 2.68. The summed E-state index contributed by atoms with van der Waals surface area (Å²) >= 11 is 3.49. The van der Waals surface area contributed by atoms with E-state index < -0.39 is 0 Å². The number of halogens is 1. The minimum Gasteiger partial charge on any atom is -0.376 e. The Hall–Kier alpha value is -1.44. The molecule has 4 rings (SSSR count). The number of nitrogens with zero attached hydrogens (tertiary/aromatic N) is 1. The lowest BCUT2D eigenvalue weighted by Crippen LogP contribution is -2.38. The molecule has 1 aromatic carbocycles. The fourth-order valence-corrected chi connectivity index (χ4v) is 4.62. The molecule has 1 amide bonds. The highest BCUT2D eigenvalue weighted by Gasteiger charge is 2.40. The van der Waals surface area contributed by atoms with Gasteiger partial charge in [-0.1, -0.05) is 15.9 Å². The third-order valence-corrected chi connectivity index (χ3v) is 5.94. The molecule has 0 bridgehead atoms. The van der Waals surface area contributed by atoms with Crippen LogP contribution in [0.4, 0.5) is 0 Å². The number of ether oxygens (including phenoxy) is 1. The lowest BCUT2D eigenvalue weighted by Gasteiger charge is -2.32. The van der Waals surface area contributed by atoms with Gasteiger partial charge in [0.15, 0.2) is 0 Å². The molecule has 2 aromatic rings. The summed E-state index contributed by atoms with van der Waals surface area (Å²) in [6.45, 7) is 5.48. The van der Waals surface area contributed by atoms with Crippen molar-refractivity contribution in [3.8, 4) is 0 Å². The number of hydrogen-bond acceptors (Lipinski definition) is 4. The molecule has 0 aliphatic carbocycles. The highest BCUT2D eigenvalue weighted by atomic mass is 79.9. The van der Waals surface area contributed by atoms with Crippen molar-refractivity contribution in [1.29, 1.82) is 0 Å². The maximum absolute atomic E-state index is 12.6. The van der Waals surface area contributed by atoms with Gasteiger partial charge >= 0.3 is 0 Å². The Bertz CT molecular complexity index is 798. The van der Waals surface area contributed by atoms with Gasteiger partial charge in [-0.25, -0.2) is 0 Å². The van der Waals surface area contributed by atoms with Gasteiger partial charge in [-0.05, 0) is 62.4 Å². The number of nitrogens with one attached hydrogen (secondary N) is 3. The quantitative estimate of drug-likeness (QED) is 0.731. The van der Waals surface area contributed by atoms with E-state index in [0.717, 1.165) is 59.9 Å². The Kier molecular flexibility index (Phi) is 4.56. The molecule has 25 heavy (non-hydrogen) atoms. The zero-order valence-corrected chi connectivity index (χ0v) is 15.9. The molecular weight excluding hydrogens is 384 g/mol. The summed E-state index contributed by atoms with van der Waals surface area (Å²) in [7, 11) is 0. The van der Waals surface area contributed by atoms with Crippen molar-refractivity contribution in [3.05, 3.63) is 27.9 Å². The normalized spacial score (nSPS) is 22.6. The monoisotopic (exact) mass is 406 g/mol. The smallest absolute Gasteiger partial charge is 0.270 e. The number of hydrogen-bond donors (Lipinski definition) is 3. The van der Waals surface area contributed by atoms with E-state index in [-0.39, 0.29) is 12.0 Å². The van der Waals surface area contributed by atoms with Gasteiger partial charge in [-0.2, -0.15) is 5.10 Å². The maximum atomic E-state index is 12.6. The second-order valence-electron chi connectivity index (χ2n) is 7.31. The van der Waals surface area contributed by atoms with Crippen LogP contribution in [0.25, 0.3) is 10.9 Å². The summed E-state index contributed by atoms with van der Waals surface area (Å²) in [4.78, 5) is 12.6. The molecule has 0 saturated carbocycles. The molecule has 2 saturated heterocycles. The first-order chi connectivity index (χ1) is 12.1. The van der Waals surface area contributed by atoms with E-state index in [1.165, 1.54) is 0 Å². The minimum absolute atomic E-state index is 0.102. The Morgan fingerprint density at radius 1 is 1.44 bits per heavy atom. The fourth-order valence-electron chi connectivity index (χ4n) is 4.05. The molecular formula is C18H23BrN4O2. The van der Waals surface area contributed by atoms with Gasteiger partial charge in [0.1, 0.15) is 5.69 Å². The van der Waals surface area contributed by atoms with E-state index >= 15 is 0 Å². The number of carbonyl (C=O) groups is 1. The van der Waals surface area contributed by atoms with Gasteiger partial charge in [0, 0.05) is 16.4 Å². The van der Waals surface area contributed by atoms with E-state index in [9.17, 15) is 4.79 Å². The molecule has 2 aliphatic heterocycles. The summed E-state index contributed by atoms with van der Waals surface area (Å²) in [5.74, 6) is -0.130. The zero-order chi connectivity index (χ0) is 17.4. The van der Waals surface area contributed by atoms with Crippen molar-refractivity contribution in [2.24, 2.45) is 5.41 Å². The number of fused-ring (bicyclic) bond motifs is 1. The Morgan fingerprint density at radius 3 is 3.04 bits per heavy atom. The Morgan fingerprint density at radius 2 is 2.24 bits per heavy atom. The van der Waals surface area contributed by atoms with Crippen LogP contribution in [0.5, 0.6) is 0 Å². The first-order valence-electron chi connectivity index (χ1n) is 8.81. The lowest BCUT2D eigenvalue weighted by atomic mass is 9.77. The summed E-state index contributed by atoms with van der Waals surface area (Å²) in [6.07, 6.45) is 3.46. The van der Waals surface area contributed by atoms with E-state index in [1.807, 2.05) is 19.1 Å². The summed E-state index contributed by atoms with van der Waals surface area (Å²) in [6, 6.07) is 3.92. The van der Waals surface area contributed by atoms with E-state index in [1.54, 1.807) is 0 Å². The molecule has 2 fully saturated rings. The number of carbonyl (C=O) groups excluding carboxylic acids is 1. The van der Waals surface area contributed by atoms with Crippen LogP contribution in [0, 0.1) is 12.3 Å². The molecule has 7 heteroatoms. The lowest BCUT2D eigenvalue weighted by molar-refractivity contribution is 0.0780. The van der Waals surface area contributed by atoms with Crippen LogP contribution in [-0.4, -0.2) is 48.4 Å². The van der Waals surface area contributed by atoms with Gasteiger partial charge in [0.05, 0.1) is 18.2 Å². The van der Waals surface area contributed by atoms with Crippen molar-refractivity contribution in [2.75, 3.05) is 26.2 Å². The number of aryl methyl sites for hydroxylation is 1. The molecule has 1 atom stereocenters. The first-order valence-corrected chi connectivity index (χ1v) is 9.60. The highest BCUT2D eigenvalue weighted by Crippen LogP contribution is 2.40. The van der Waals surface area contributed by atoms with Crippen LogP contribution >= 0.6 is 15.9 Å². The van der Waals surface area contributed by atoms with Gasteiger partial charge < -0.3 is 15.4 Å². The van der Waals surface area contributed by atoms with Gasteiger partial charge in [-0.3, -0.25) is 9.89 Å². The van der Waals surface area contributed by atoms with Crippen molar-refractivity contribution >= 4 is 32.7 Å². The zero-order valence-electron chi connectivity index (χ0n) is 14.3. The van der Waals surface area contributed by atoms with E-state index in [2.05, 4.69) is 36.8 Å². The van der Waals surface area contributed by atoms with Gasteiger partial charge in [0.25, 0.3) is 5.91 Å². The molecule has 134 valence electrons. The highest BCUT2D eigenvalue weighted by molar-refractivity contribution is 9.10. The fraction of sp³-hybridized carbons (Fsp3) is 0.556. The summed E-state index contributed by atoms with van der Waals surface area (Å²) < 4.78 is 6.91. The molecule has 3 heterocycles. The van der Waals surface area contributed by atoms with Crippen molar-refractivity contribution in [2.45, 2.75) is 32.3 Å². The molecule has 1 unspecified atom stereocenters. The second-order valence-corrected chi connectivity index (χ2v) is 8.23. The maximum Gasteiger partial charge on any atom is 0.270 e. The summed E-state index contributed by atoms with van der Waals surface area (Å²) in [5, 5.41) is 14.4. The van der Waals surface area contributed by atoms with Crippen LogP contribution in [0.15, 0.2) is 16.6 Å². The molecule has 1 spiro atoms. The second kappa shape index (κ2) is 6.70. The van der Waals surface area contributed by atoms with Crippen molar-refractivity contribution in [1.82, 2.24) is 20.8 Å². The largest absolute Gasteiger partial charge is 0.376 e. The van der Waals surface area contributed by atoms with Crippen LogP contribution in [0.3, 0.4) is 0 Å². The van der Waals surface area contributed by atoms with Gasteiger partial charge in [-0.15, -0.1) is 0 Å². The number of piperidine rings is 1. The van der Waals surface area contributed by atoms with E-state index in [0.29, 0.717) is 17.7 Å². The number of benzene rings is 1. The molecule has 1 aromatic heterocycles. The average molecular weight is 407 g/mol. The number of aromatic amines is 1. The molecule has 0 radical (unpaired) electrons. The van der Waals surface area contributed by atoms with Crippen LogP contribution in [-0.2, 0) is 4.74 Å². The Labute approximate surface area is 155 Å². The number of amides is 1. The van der Waals surface area contributed by atoms with E-state index in [4.69, 9.17) is 4.74 Å². The molecule has 2 aliphatic rings. The average Bonchev–Trinajstić information content (AvgIpc) is 3.18. The Balaban J connectivity index is 1.41. The SMILES string of the molecule is Cc1cc(Br)cc2c(C(=O)NCC3CC4(CCNCC4)CO3)[nH]nc12.